The molecule has 4 aromatic heterocycles. The maximum absolute atomic E-state index is 5.17. The number of rotatable bonds is 13. The summed E-state index contributed by atoms with van der Waals surface area (Å²) in [4.78, 5) is 15.5. The Morgan fingerprint density at radius 3 is 0.898 bits per heavy atom. The molecule has 0 radical (unpaired) electrons. The summed E-state index contributed by atoms with van der Waals surface area (Å²) in [7, 11) is 0. The summed E-state index contributed by atoms with van der Waals surface area (Å²) < 4.78 is 4.86. The lowest BCUT2D eigenvalue weighted by atomic mass is 9.42. The Bertz CT molecular complexity index is 7740. The maximum Gasteiger partial charge on any atom is 0.160 e. The SMILES string of the molecule is c1ccc(-c2cc(-c3ccc4cc(C5(c6ccc7cc(-n8c9ccccc9c9ccccc98)ccc7c6)C6CC7CC(C6)CC5C7)ccc4c3)cc(-c3ccccc3)n2)cc1.c1ccc(-c2cc(-c3ccccc3)nc(-c3ccc4cc(C5(c6ccc7cc(-c8ccc9c%10ccccc%10n(-c%10ccccc%10)c9c8)ccc7c6)C6CC7CC(C6)CC5C7)ccc4c3)n2)cc1. The van der Waals surface area contributed by atoms with Gasteiger partial charge in [0, 0.05) is 71.6 Å². The van der Waals surface area contributed by atoms with Crippen molar-refractivity contribution >= 4 is 86.7 Å². The molecule has 17 aromatic carbocycles. The molecule has 612 valence electrons. The first-order chi connectivity index (χ1) is 63.3. The molecule has 0 spiro atoms. The number of aromatic nitrogens is 5. The zero-order valence-corrected chi connectivity index (χ0v) is 71.6. The zero-order valence-electron chi connectivity index (χ0n) is 71.6. The monoisotopic (exact) mass is 1640 g/mol. The smallest absolute Gasteiger partial charge is 0.160 e. The van der Waals surface area contributed by atoms with Gasteiger partial charge in [0.25, 0.3) is 0 Å². The molecule has 5 heteroatoms. The Hall–Kier alpha value is -14.4. The van der Waals surface area contributed by atoms with E-state index < -0.39 is 0 Å². The van der Waals surface area contributed by atoms with Crippen LogP contribution in [0, 0.1) is 47.3 Å². The molecule has 8 bridgehead atoms. The van der Waals surface area contributed by atoms with Gasteiger partial charge in [0.05, 0.1) is 44.8 Å². The Morgan fingerprint density at radius 2 is 0.484 bits per heavy atom. The van der Waals surface area contributed by atoms with E-state index in [9.17, 15) is 0 Å². The molecule has 0 atom stereocenters. The van der Waals surface area contributed by atoms with Gasteiger partial charge in [-0.1, -0.05) is 322 Å². The number of hydrogen-bond acceptors (Lipinski definition) is 3. The molecule has 0 saturated heterocycles. The quantitative estimate of drug-likeness (QED) is 0.116. The lowest BCUT2D eigenvalue weighted by molar-refractivity contribution is -0.0417. The average molecular weight is 1640 g/mol. The number of para-hydroxylation sites is 4. The lowest BCUT2D eigenvalue weighted by Gasteiger charge is -2.62. The summed E-state index contributed by atoms with van der Waals surface area (Å²) in [5.41, 5.74) is 27.6. The van der Waals surface area contributed by atoms with E-state index in [1.165, 1.54) is 207 Å². The number of pyridine rings is 1. The summed E-state index contributed by atoms with van der Waals surface area (Å²) in [6.07, 6.45) is 13.6. The largest absolute Gasteiger partial charge is 0.309 e. The van der Waals surface area contributed by atoms with Crippen LogP contribution >= 0.6 is 0 Å². The molecule has 29 rings (SSSR count). The highest BCUT2D eigenvalue weighted by Gasteiger charge is 2.60. The minimum absolute atomic E-state index is 0.0132. The first-order valence-corrected chi connectivity index (χ1v) is 46.7. The second-order valence-electron chi connectivity index (χ2n) is 38.3. The van der Waals surface area contributed by atoms with Crippen LogP contribution in [-0.4, -0.2) is 24.1 Å². The summed E-state index contributed by atoms with van der Waals surface area (Å²) in [6, 6.07) is 151. The summed E-state index contributed by atoms with van der Waals surface area (Å²) in [5.74, 6) is 6.87. The summed E-state index contributed by atoms with van der Waals surface area (Å²) in [5, 5.41) is 15.5. The van der Waals surface area contributed by atoms with E-state index in [2.05, 4.69) is 416 Å². The topological polar surface area (TPSA) is 48.5 Å². The van der Waals surface area contributed by atoms with Gasteiger partial charge in [0.1, 0.15) is 0 Å². The van der Waals surface area contributed by atoms with Gasteiger partial charge >= 0.3 is 0 Å². The van der Waals surface area contributed by atoms with Crippen molar-refractivity contribution in [2.24, 2.45) is 47.3 Å². The van der Waals surface area contributed by atoms with Gasteiger partial charge in [0.2, 0.25) is 0 Å². The molecule has 8 aliphatic rings. The highest BCUT2D eigenvalue weighted by atomic mass is 15.0. The van der Waals surface area contributed by atoms with E-state index in [4.69, 9.17) is 15.0 Å². The van der Waals surface area contributed by atoms with Crippen molar-refractivity contribution in [1.29, 1.82) is 0 Å². The van der Waals surface area contributed by atoms with Crippen LogP contribution in [0.5, 0.6) is 0 Å². The van der Waals surface area contributed by atoms with Gasteiger partial charge in [-0.25, -0.2) is 15.0 Å². The molecule has 8 aliphatic carbocycles. The lowest BCUT2D eigenvalue weighted by Crippen LogP contribution is -2.56. The van der Waals surface area contributed by atoms with Crippen LogP contribution in [0.25, 0.3) is 177 Å². The van der Waals surface area contributed by atoms with Crippen LogP contribution in [0.1, 0.15) is 86.5 Å². The van der Waals surface area contributed by atoms with E-state index in [0.717, 1.165) is 80.1 Å². The third kappa shape index (κ3) is 12.4. The van der Waals surface area contributed by atoms with Crippen LogP contribution in [-0.2, 0) is 10.8 Å². The van der Waals surface area contributed by atoms with Crippen LogP contribution in [0.4, 0.5) is 0 Å². The molecule has 8 fully saturated rings. The van der Waals surface area contributed by atoms with Crippen molar-refractivity contribution in [3.05, 3.63) is 429 Å². The Labute approximate surface area is 746 Å². The first kappa shape index (κ1) is 75.0. The van der Waals surface area contributed by atoms with Crippen molar-refractivity contribution < 1.29 is 0 Å². The van der Waals surface area contributed by atoms with Crippen LogP contribution < -0.4 is 0 Å². The van der Waals surface area contributed by atoms with Gasteiger partial charge in [-0.15, -0.1) is 0 Å². The highest BCUT2D eigenvalue weighted by molar-refractivity contribution is 6.11. The van der Waals surface area contributed by atoms with Crippen molar-refractivity contribution in [2.45, 2.75) is 75.0 Å². The Balaban J connectivity index is 0.000000136. The van der Waals surface area contributed by atoms with E-state index in [1.54, 1.807) is 0 Å². The molecular formula is C123H95N5. The Morgan fingerprint density at radius 1 is 0.188 bits per heavy atom. The van der Waals surface area contributed by atoms with Gasteiger partial charge in [-0.3, -0.25) is 0 Å². The first-order valence-electron chi connectivity index (χ1n) is 46.7. The van der Waals surface area contributed by atoms with Gasteiger partial charge in [-0.2, -0.15) is 0 Å². The van der Waals surface area contributed by atoms with Crippen LogP contribution in [0.2, 0.25) is 0 Å². The van der Waals surface area contributed by atoms with Crippen molar-refractivity contribution in [3.8, 4) is 90.0 Å². The van der Waals surface area contributed by atoms with Gasteiger partial charge in [-0.05, 0) is 284 Å². The molecule has 4 heterocycles. The molecule has 0 amide bonds. The molecular weight excluding hydrogens is 1550 g/mol. The van der Waals surface area contributed by atoms with Gasteiger partial charge in [0.15, 0.2) is 5.82 Å². The number of benzene rings is 17. The highest BCUT2D eigenvalue weighted by Crippen LogP contribution is 2.68. The molecule has 0 unspecified atom stereocenters. The van der Waals surface area contributed by atoms with Crippen molar-refractivity contribution in [1.82, 2.24) is 24.1 Å². The molecule has 5 nitrogen and oxygen atoms in total. The molecule has 21 aromatic rings. The summed E-state index contributed by atoms with van der Waals surface area (Å²) in [6.45, 7) is 0. The van der Waals surface area contributed by atoms with E-state index >= 15 is 0 Å². The minimum Gasteiger partial charge on any atom is -0.309 e. The standard InChI is InChI=1S/C64H49N3.C59H46N2/c1-4-12-43(13-5-1)59-40-60(44-14-6-2-7-15-44)66-63(65-59)51-23-22-49-38-53(28-25-47(49)36-51)64(54-31-41-30-42(33-54)34-55(64)32-41)52-27-24-46-35-45(20-21-48(46)37-52)50-26-29-58-57-18-10-11-19-61(57)67(62(58)39-50)56-16-8-3-9-17-56;1-3-11-40(12-4-1)55-36-47(37-56(60-55)41-13-5-2-6-14-41)43-19-20-44-33-48(24-21-42(44)32-43)59(50-28-38-27-39(30-50)31-51(59)29-38)49-25-22-46-35-52(26-23-45(46)34-49)61-57-17-9-7-15-53(57)54-16-8-10-18-58(54)61/h1-29,35-42,54-55H,30-34H2;1-26,32-39,50-51H,27-31H2. The predicted octanol–water partition coefficient (Wildman–Crippen LogP) is 31.5. The fraction of sp³-hybridized carbons (Fsp3) is 0.163. The fourth-order valence-electron chi connectivity index (χ4n) is 26.2. The van der Waals surface area contributed by atoms with Crippen LogP contribution in [0.15, 0.2) is 406 Å². The normalized spacial score (nSPS) is 21.3. The fourth-order valence-corrected chi connectivity index (χ4v) is 26.2. The zero-order chi connectivity index (χ0) is 84.1. The third-order valence-corrected chi connectivity index (χ3v) is 31.4. The van der Waals surface area contributed by atoms with Gasteiger partial charge < -0.3 is 9.13 Å². The molecule has 128 heavy (non-hydrogen) atoms. The second-order valence-corrected chi connectivity index (χ2v) is 38.3. The third-order valence-electron chi connectivity index (χ3n) is 31.4. The number of nitrogens with zero attached hydrogens (tertiary/aromatic N) is 5. The van der Waals surface area contributed by atoms with Crippen LogP contribution in [0.3, 0.4) is 0 Å². The van der Waals surface area contributed by atoms with E-state index in [0.29, 0.717) is 23.7 Å². The maximum atomic E-state index is 5.17. The van der Waals surface area contributed by atoms with E-state index in [1.807, 2.05) is 0 Å². The second kappa shape index (κ2) is 30.2. The number of hydrogen-bond donors (Lipinski definition) is 0. The van der Waals surface area contributed by atoms with Crippen molar-refractivity contribution in [3.63, 3.8) is 0 Å². The molecule has 0 N–H and O–H groups in total. The predicted molar refractivity (Wildman–Crippen MR) is 532 cm³/mol. The number of fused-ring (bicyclic) bond motifs is 10. The van der Waals surface area contributed by atoms with E-state index in [-0.39, 0.29) is 10.8 Å². The molecule has 8 saturated carbocycles. The average Bonchev–Trinajstić information content (AvgIpc) is 0.969. The van der Waals surface area contributed by atoms with Crippen molar-refractivity contribution in [2.75, 3.05) is 0 Å². The minimum atomic E-state index is -0.0132. The molecule has 0 aliphatic heterocycles. The Kier molecular flexibility index (Phi) is 17.7. The summed E-state index contributed by atoms with van der Waals surface area (Å²) >= 11 is 0.